The van der Waals surface area contributed by atoms with Crippen LogP contribution in [0.3, 0.4) is 0 Å². The predicted molar refractivity (Wildman–Crippen MR) is 88.0 cm³/mol. The van der Waals surface area contributed by atoms with Crippen LogP contribution in [0.5, 0.6) is 5.75 Å². The molecule has 4 heteroatoms. The van der Waals surface area contributed by atoms with Crippen LogP contribution in [0, 0.1) is 11.3 Å². The van der Waals surface area contributed by atoms with E-state index in [0.717, 1.165) is 25.3 Å². The molecule has 0 spiro atoms. The van der Waals surface area contributed by atoms with Gasteiger partial charge in [0.2, 0.25) is 0 Å². The van der Waals surface area contributed by atoms with E-state index in [4.69, 9.17) is 4.74 Å². The van der Waals surface area contributed by atoms with Gasteiger partial charge in [0.05, 0.1) is 13.2 Å². The molecule has 1 unspecified atom stereocenters. The molecule has 1 aliphatic heterocycles. The minimum atomic E-state index is -0.437. The zero-order chi connectivity index (χ0) is 15.7. The molecule has 22 heavy (non-hydrogen) atoms. The Morgan fingerprint density at radius 2 is 2.05 bits per heavy atom. The van der Waals surface area contributed by atoms with Crippen LogP contribution in [0.25, 0.3) is 10.9 Å². The molecular formula is C18H23N3O. The van der Waals surface area contributed by atoms with Crippen molar-refractivity contribution < 1.29 is 4.74 Å². The van der Waals surface area contributed by atoms with Crippen molar-refractivity contribution >= 4 is 10.9 Å². The third-order valence-corrected chi connectivity index (χ3v) is 4.86. The summed E-state index contributed by atoms with van der Waals surface area (Å²) in [6, 6.07) is 8.70. The van der Waals surface area contributed by atoms with E-state index in [2.05, 4.69) is 47.8 Å². The number of hydrogen-bond acceptors (Lipinski definition) is 3. The highest BCUT2D eigenvalue weighted by atomic mass is 16.5. The van der Waals surface area contributed by atoms with Crippen molar-refractivity contribution in [3.63, 3.8) is 0 Å². The quantitative estimate of drug-likeness (QED) is 0.870. The number of fused-ring (bicyclic) bond motifs is 1. The van der Waals surface area contributed by atoms with Crippen molar-refractivity contribution in [1.82, 2.24) is 9.47 Å². The summed E-state index contributed by atoms with van der Waals surface area (Å²) < 4.78 is 7.49. The smallest absolute Gasteiger partial charge is 0.119 e. The molecule has 1 saturated heterocycles. The first kappa shape index (κ1) is 14.9. The van der Waals surface area contributed by atoms with Gasteiger partial charge in [-0.1, -0.05) is 0 Å². The van der Waals surface area contributed by atoms with Gasteiger partial charge in [0.1, 0.15) is 11.3 Å². The van der Waals surface area contributed by atoms with E-state index in [0.29, 0.717) is 0 Å². The molecule has 1 aliphatic rings. The Hall–Kier alpha value is -1.99. The van der Waals surface area contributed by atoms with Gasteiger partial charge in [-0.15, -0.1) is 0 Å². The first-order valence-corrected chi connectivity index (χ1v) is 7.85. The average Bonchev–Trinajstić information content (AvgIpc) is 3.16. The second-order valence-corrected chi connectivity index (χ2v) is 6.40. The van der Waals surface area contributed by atoms with Crippen LogP contribution in [0.4, 0.5) is 0 Å². The minimum absolute atomic E-state index is 0.437. The Balaban J connectivity index is 2.00. The minimum Gasteiger partial charge on any atom is -0.497 e. The van der Waals surface area contributed by atoms with Crippen LogP contribution in [0.1, 0.15) is 25.3 Å². The van der Waals surface area contributed by atoms with Crippen LogP contribution in [0.2, 0.25) is 0 Å². The Morgan fingerprint density at radius 1 is 1.32 bits per heavy atom. The van der Waals surface area contributed by atoms with Gasteiger partial charge in [0.25, 0.3) is 0 Å². The van der Waals surface area contributed by atoms with Gasteiger partial charge in [-0.05, 0) is 56.6 Å². The number of nitriles is 1. The monoisotopic (exact) mass is 297 g/mol. The lowest BCUT2D eigenvalue weighted by Gasteiger charge is -2.32. The molecule has 0 N–H and O–H groups in total. The molecule has 1 aromatic carbocycles. The molecule has 4 nitrogen and oxygen atoms in total. The lowest BCUT2D eigenvalue weighted by molar-refractivity contribution is 0.192. The standard InChI is InChI=1S/C18H23N3O/c1-18(13-19,21-8-4-5-9-21)11-14-12-20(2)17-7-6-15(22-3)10-16(14)17/h6-7,10,12H,4-5,8-9,11H2,1-3H3. The molecule has 1 aromatic heterocycles. The number of hydrogen-bond donors (Lipinski definition) is 0. The van der Waals surface area contributed by atoms with Crippen molar-refractivity contribution in [2.24, 2.45) is 7.05 Å². The van der Waals surface area contributed by atoms with Gasteiger partial charge in [0, 0.05) is 30.6 Å². The summed E-state index contributed by atoms with van der Waals surface area (Å²) in [5.74, 6) is 0.861. The second kappa shape index (κ2) is 5.66. The summed E-state index contributed by atoms with van der Waals surface area (Å²) >= 11 is 0. The Bertz CT molecular complexity index is 722. The topological polar surface area (TPSA) is 41.2 Å². The fourth-order valence-corrected chi connectivity index (χ4v) is 3.52. The Labute approximate surface area is 131 Å². The van der Waals surface area contributed by atoms with E-state index in [1.165, 1.54) is 29.3 Å². The number of aromatic nitrogens is 1. The molecular weight excluding hydrogens is 274 g/mol. The van der Waals surface area contributed by atoms with Crippen molar-refractivity contribution in [2.45, 2.75) is 31.7 Å². The lowest BCUT2D eigenvalue weighted by atomic mass is 9.92. The lowest BCUT2D eigenvalue weighted by Crippen LogP contribution is -2.45. The molecule has 0 bridgehead atoms. The number of nitrogens with zero attached hydrogens (tertiary/aromatic N) is 3. The normalized spacial score (nSPS) is 18.3. The van der Waals surface area contributed by atoms with Gasteiger partial charge < -0.3 is 9.30 Å². The number of methoxy groups -OCH3 is 1. The van der Waals surface area contributed by atoms with E-state index < -0.39 is 5.54 Å². The number of aryl methyl sites for hydroxylation is 1. The SMILES string of the molecule is COc1ccc2c(c1)c(CC(C)(C#N)N1CCCC1)cn2C. The summed E-state index contributed by atoms with van der Waals surface area (Å²) in [4.78, 5) is 2.33. The van der Waals surface area contributed by atoms with Crippen LogP contribution in [-0.2, 0) is 13.5 Å². The molecule has 1 atom stereocenters. The number of likely N-dealkylation sites (tertiary alicyclic amines) is 1. The molecule has 2 aromatic rings. The van der Waals surface area contributed by atoms with Gasteiger partial charge in [-0.25, -0.2) is 0 Å². The fraction of sp³-hybridized carbons (Fsp3) is 0.500. The Morgan fingerprint density at radius 3 is 2.68 bits per heavy atom. The van der Waals surface area contributed by atoms with Crippen molar-refractivity contribution in [2.75, 3.05) is 20.2 Å². The third-order valence-electron chi connectivity index (χ3n) is 4.86. The summed E-state index contributed by atoms with van der Waals surface area (Å²) in [6.07, 6.45) is 5.28. The third kappa shape index (κ3) is 2.46. The molecule has 2 heterocycles. The van der Waals surface area contributed by atoms with Gasteiger partial charge in [-0.3, -0.25) is 4.90 Å². The van der Waals surface area contributed by atoms with Crippen molar-refractivity contribution in [3.8, 4) is 11.8 Å². The highest BCUT2D eigenvalue weighted by molar-refractivity contribution is 5.85. The molecule has 1 fully saturated rings. The van der Waals surface area contributed by atoms with Crippen molar-refractivity contribution in [1.29, 1.82) is 5.26 Å². The van der Waals surface area contributed by atoms with Crippen LogP contribution in [-0.4, -0.2) is 35.2 Å². The summed E-state index contributed by atoms with van der Waals surface area (Å²) in [6.45, 7) is 4.12. The molecule has 0 radical (unpaired) electrons. The van der Waals surface area contributed by atoms with Gasteiger partial charge in [-0.2, -0.15) is 5.26 Å². The van der Waals surface area contributed by atoms with E-state index in [1.54, 1.807) is 7.11 Å². The number of rotatable bonds is 4. The fourth-order valence-electron chi connectivity index (χ4n) is 3.52. The predicted octanol–water partition coefficient (Wildman–Crippen LogP) is 3.11. The summed E-state index contributed by atoms with van der Waals surface area (Å²) in [7, 11) is 3.74. The van der Waals surface area contributed by atoms with E-state index in [1.807, 2.05) is 6.07 Å². The molecule has 0 saturated carbocycles. The van der Waals surface area contributed by atoms with Gasteiger partial charge >= 0.3 is 0 Å². The average molecular weight is 297 g/mol. The molecule has 3 rings (SSSR count). The maximum absolute atomic E-state index is 9.76. The van der Waals surface area contributed by atoms with Gasteiger partial charge in [0.15, 0.2) is 0 Å². The summed E-state index contributed by atoms with van der Waals surface area (Å²) in [5.41, 5.74) is 1.96. The van der Waals surface area contributed by atoms with E-state index >= 15 is 0 Å². The number of benzene rings is 1. The maximum atomic E-state index is 9.76. The molecule has 0 amide bonds. The highest BCUT2D eigenvalue weighted by Crippen LogP contribution is 2.31. The zero-order valence-electron chi connectivity index (χ0n) is 13.6. The van der Waals surface area contributed by atoms with Crippen LogP contribution < -0.4 is 4.74 Å². The van der Waals surface area contributed by atoms with E-state index in [9.17, 15) is 5.26 Å². The maximum Gasteiger partial charge on any atom is 0.119 e. The largest absolute Gasteiger partial charge is 0.497 e. The summed E-state index contributed by atoms with van der Waals surface area (Å²) in [5, 5.41) is 10.9. The van der Waals surface area contributed by atoms with Crippen molar-refractivity contribution in [3.05, 3.63) is 30.0 Å². The first-order chi connectivity index (χ1) is 10.6. The zero-order valence-corrected chi connectivity index (χ0v) is 13.6. The van der Waals surface area contributed by atoms with Crippen LogP contribution in [0.15, 0.2) is 24.4 Å². The molecule has 0 aliphatic carbocycles. The second-order valence-electron chi connectivity index (χ2n) is 6.40. The first-order valence-electron chi connectivity index (χ1n) is 7.85. The van der Waals surface area contributed by atoms with E-state index in [-0.39, 0.29) is 0 Å². The highest BCUT2D eigenvalue weighted by Gasteiger charge is 2.34. The Kier molecular flexibility index (Phi) is 3.84. The molecule has 116 valence electrons. The number of ether oxygens (including phenoxy) is 1. The van der Waals surface area contributed by atoms with Crippen LogP contribution >= 0.6 is 0 Å².